The smallest absolute Gasteiger partial charge is 0.246 e. The van der Waals surface area contributed by atoms with Gasteiger partial charge in [0.15, 0.2) is 0 Å². The molecule has 6 nitrogen and oxygen atoms in total. The van der Waals surface area contributed by atoms with Crippen LogP contribution in [0, 0.1) is 11.7 Å². The number of hydrogen-bond acceptors (Lipinski definition) is 4. The second kappa shape index (κ2) is 8.46. The molecule has 0 unspecified atom stereocenters. The Hall–Kier alpha value is -2.16. The lowest BCUT2D eigenvalue weighted by Crippen LogP contribution is -2.41. The van der Waals surface area contributed by atoms with E-state index in [4.69, 9.17) is 16.3 Å². The van der Waals surface area contributed by atoms with Crippen LogP contribution in [0.1, 0.15) is 12.8 Å². The van der Waals surface area contributed by atoms with Crippen LogP contribution in [0.2, 0.25) is 5.02 Å². The molecule has 1 saturated heterocycles. The minimum Gasteiger partial charge on any atom is -0.495 e. The number of nitrogens with zero attached hydrogens (tertiary/aromatic N) is 1. The van der Waals surface area contributed by atoms with Crippen LogP contribution in [0.4, 0.5) is 10.1 Å². The molecule has 0 bridgehead atoms. The van der Waals surface area contributed by atoms with Gasteiger partial charge in [0.1, 0.15) is 16.5 Å². The lowest BCUT2D eigenvalue weighted by molar-refractivity contribution is -0.120. The molecule has 1 fully saturated rings. The number of anilines is 1. The first kappa shape index (κ1) is 20.6. The summed E-state index contributed by atoms with van der Waals surface area (Å²) in [6.07, 6.45) is 0.768. The van der Waals surface area contributed by atoms with Gasteiger partial charge in [0, 0.05) is 29.7 Å². The van der Waals surface area contributed by atoms with Gasteiger partial charge < -0.3 is 10.1 Å². The highest BCUT2D eigenvalue weighted by molar-refractivity contribution is 7.89. The topological polar surface area (TPSA) is 75.7 Å². The van der Waals surface area contributed by atoms with Gasteiger partial charge >= 0.3 is 0 Å². The number of piperidine rings is 1. The fourth-order valence-corrected chi connectivity index (χ4v) is 5.02. The van der Waals surface area contributed by atoms with Crippen molar-refractivity contribution in [1.82, 2.24) is 4.31 Å². The monoisotopic (exact) mass is 426 g/mol. The van der Waals surface area contributed by atoms with E-state index in [0.717, 1.165) is 0 Å². The Morgan fingerprint density at radius 1 is 1.18 bits per heavy atom. The van der Waals surface area contributed by atoms with Crippen molar-refractivity contribution in [2.45, 2.75) is 17.7 Å². The van der Waals surface area contributed by atoms with Gasteiger partial charge in [0.2, 0.25) is 15.9 Å². The predicted molar refractivity (Wildman–Crippen MR) is 105 cm³/mol. The third-order valence-corrected chi connectivity index (χ3v) is 6.83. The fraction of sp³-hybridized carbons (Fsp3) is 0.316. The van der Waals surface area contributed by atoms with Gasteiger partial charge in [-0.2, -0.15) is 4.31 Å². The average molecular weight is 427 g/mol. The predicted octanol–water partition coefficient (Wildman–Crippen LogP) is 3.53. The molecule has 3 rings (SSSR count). The Balaban J connectivity index is 1.67. The van der Waals surface area contributed by atoms with Crippen LogP contribution in [0.3, 0.4) is 0 Å². The van der Waals surface area contributed by atoms with Gasteiger partial charge in [-0.1, -0.05) is 11.6 Å². The molecule has 1 aliphatic heterocycles. The van der Waals surface area contributed by atoms with Gasteiger partial charge in [0.05, 0.1) is 7.11 Å². The van der Waals surface area contributed by atoms with E-state index in [1.165, 1.54) is 47.8 Å². The molecule has 150 valence electrons. The number of amides is 1. The van der Waals surface area contributed by atoms with E-state index in [1.807, 2.05) is 0 Å². The van der Waals surface area contributed by atoms with E-state index in [0.29, 0.717) is 23.6 Å². The zero-order valence-corrected chi connectivity index (χ0v) is 16.8. The number of carbonyl (C=O) groups is 1. The van der Waals surface area contributed by atoms with Crippen LogP contribution in [-0.4, -0.2) is 38.8 Å². The van der Waals surface area contributed by atoms with Gasteiger partial charge in [-0.05, 0) is 55.3 Å². The first-order chi connectivity index (χ1) is 13.3. The number of sulfonamides is 1. The molecule has 28 heavy (non-hydrogen) atoms. The Morgan fingerprint density at radius 2 is 1.82 bits per heavy atom. The molecule has 0 saturated carbocycles. The van der Waals surface area contributed by atoms with Gasteiger partial charge in [0.25, 0.3) is 0 Å². The first-order valence-corrected chi connectivity index (χ1v) is 10.5. The summed E-state index contributed by atoms with van der Waals surface area (Å²) in [7, 11) is -2.39. The number of methoxy groups -OCH3 is 1. The molecule has 1 amide bonds. The highest BCUT2D eigenvalue weighted by atomic mass is 35.5. The summed E-state index contributed by atoms with van der Waals surface area (Å²) in [6, 6.07) is 9.94. The third-order valence-electron chi connectivity index (χ3n) is 4.68. The first-order valence-electron chi connectivity index (χ1n) is 8.71. The van der Waals surface area contributed by atoms with E-state index < -0.39 is 10.0 Å². The maximum atomic E-state index is 13.0. The second-order valence-electron chi connectivity index (χ2n) is 6.47. The van der Waals surface area contributed by atoms with E-state index in [9.17, 15) is 17.6 Å². The van der Waals surface area contributed by atoms with Gasteiger partial charge in [-0.15, -0.1) is 0 Å². The molecule has 9 heteroatoms. The van der Waals surface area contributed by atoms with Crippen molar-refractivity contribution >= 4 is 33.2 Å². The van der Waals surface area contributed by atoms with Crippen molar-refractivity contribution in [3.63, 3.8) is 0 Å². The van der Waals surface area contributed by atoms with Crippen molar-refractivity contribution in [3.8, 4) is 5.75 Å². The molecule has 0 radical (unpaired) electrons. The minimum atomic E-state index is -3.79. The summed E-state index contributed by atoms with van der Waals surface area (Å²) < 4.78 is 45.4. The van der Waals surface area contributed by atoms with Crippen LogP contribution in [-0.2, 0) is 14.8 Å². The second-order valence-corrected chi connectivity index (χ2v) is 8.81. The summed E-state index contributed by atoms with van der Waals surface area (Å²) in [4.78, 5) is 12.4. The lowest BCUT2D eigenvalue weighted by atomic mass is 9.97. The molecule has 1 aliphatic rings. The Morgan fingerprint density at radius 3 is 2.43 bits per heavy atom. The van der Waals surface area contributed by atoms with Crippen molar-refractivity contribution < 1.29 is 22.3 Å². The number of halogens is 2. The highest BCUT2D eigenvalue weighted by Crippen LogP contribution is 2.32. The molecule has 1 heterocycles. The summed E-state index contributed by atoms with van der Waals surface area (Å²) in [6.45, 7) is 0.416. The largest absolute Gasteiger partial charge is 0.495 e. The van der Waals surface area contributed by atoms with Gasteiger partial charge in [-0.3, -0.25) is 4.79 Å². The van der Waals surface area contributed by atoms with Gasteiger partial charge in [-0.25, -0.2) is 12.8 Å². The summed E-state index contributed by atoms with van der Waals surface area (Å²) in [5.41, 5.74) is 0.505. The van der Waals surface area contributed by atoms with E-state index in [1.54, 1.807) is 6.07 Å². The molecular formula is C19H20ClFN2O4S. The number of hydrogen-bond donors (Lipinski definition) is 1. The average Bonchev–Trinajstić information content (AvgIpc) is 2.69. The zero-order chi connectivity index (χ0) is 20.3. The summed E-state index contributed by atoms with van der Waals surface area (Å²) >= 11 is 5.96. The van der Waals surface area contributed by atoms with Crippen molar-refractivity contribution in [2.24, 2.45) is 5.92 Å². The fourth-order valence-electron chi connectivity index (χ4n) is 3.13. The van der Waals surface area contributed by atoms with Crippen LogP contribution in [0.5, 0.6) is 5.75 Å². The number of rotatable bonds is 5. The molecule has 0 aliphatic carbocycles. The van der Waals surface area contributed by atoms with E-state index >= 15 is 0 Å². The molecule has 1 N–H and O–H groups in total. The number of nitrogens with one attached hydrogen (secondary N) is 1. The maximum absolute atomic E-state index is 13.0. The lowest BCUT2D eigenvalue weighted by Gasteiger charge is -2.31. The van der Waals surface area contributed by atoms with Crippen molar-refractivity contribution in [1.29, 1.82) is 0 Å². The highest BCUT2D eigenvalue weighted by Gasteiger charge is 2.33. The molecule has 0 aromatic heterocycles. The Bertz CT molecular complexity index is 958. The number of benzene rings is 2. The molecule has 2 aromatic rings. The van der Waals surface area contributed by atoms with Crippen molar-refractivity contribution in [2.75, 3.05) is 25.5 Å². The van der Waals surface area contributed by atoms with Crippen LogP contribution >= 0.6 is 11.6 Å². The quantitative estimate of drug-likeness (QED) is 0.793. The van der Waals surface area contributed by atoms with E-state index in [-0.39, 0.29) is 41.4 Å². The Labute approximate surface area is 168 Å². The SMILES string of the molecule is COc1ccc(Cl)cc1S(=O)(=O)N1CCC(C(=O)Nc2ccc(F)cc2)CC1. The standard InChI is InChI=1S/C19H20ClFN2O4S/c1-27-17-7-2-14(20)12-18(17)28(25,26)23-10-8-13(9-11-23)19(24)22-16-5-3-15(21)4-6-16/h2-7,12-13H,8-11H2,1H3,(H,22,24). The van der Waals surface area contributed by atoms with Crippen LogP contribution in [0.25, 0.3) is 0 Å². The van der Waals surface area contributed by atoms with Crippen molar-refractivity contribution in [3.05, 3.63) is 53.3 Å². The van der Waals surface area contributed by atoms with Crippen LogP contribution < -0.4 is 10.1 Å². The zero-order valence-electron chi connectivity index (χ0n) is 15.2. The third kappa shape index (κ3) is 4.45. The minimum absolute atomic E-state index is 0.0108. The normalized spacial score (nSPS) is 16.0. The number of carbonyl (C=O) groups excluding carboxylic acids is 1. The molecular weight excluding hydrogens is 407 g/mol. The molecule has 0 atom stereocenters. The molecule has 0 spiro atoms. The summed E-state index contributed by atoms with van der Waals surface area (Å²) in [5.74, 6) is -0.685. The summed E-state index contributed by atoms with van der Waals surface area (Å²) in [5, 5.41) is 3.04. The molecule has 2 aromatic carbocycles. The van der Waals surface area contributed by atoms with E-state index in [2.05, 4.69) is 5.32 Å². The Kier molecular flexibility index (Phi) is 6.22. The number of ether oxygens (including phenoxy) is 1. The maximum Gasteiger partial charge on any atom is 0.246 e. The van der Waals surface area contributed by atoms with Crippen LogP contribution in [0.15, 0.2) is 47.4 Å².